The molecule has 1 aromatic carbocycles. The van der Waals surface area contributed by atoms with Crippen LogP contribution in [0.4, 0.5) is 0 Å². The van der Waals surface area contributed by atoms with Gasteiger partial charge in [0.25, 0.3) is 0 Å². The maximum absolute atomic E-state index is 12.1. The van der Waals surface area contributed by atoms with Crippen LogP contribution in [-0.4, -0.2) is 29.2 Å². The fourth-order valence-electron chi connectivity index (χ4n) is 1.70. The van der Waals surface area contributed by atoms with Gasteiger partial charge in [-0.3, -0.25) is 4.68 Å². The predicted molar refractivity (Wildman–Crippen MR) is 67.9 cm³/mol. The van der Waals surface area contributed by atoms with Gasteiger partial charge in [-0.2, -0.15) is 0 Å². The van der Waals surface area contributed by atoms with Crippen LogP contribution in [-0.2, 0) is 16.4 Å². The van der Waals surface area contributed by atoms with Gasteiger partial charge < -0.3 is 0 Å². The summed E-state index contributed by atoms with van der Waals surface area (Å²) in [5.74, 6) is 0.121. The van der Waals surface area contributed by atoms with Crippen molar-refractivity contribution in [2.24, 2.45) is 0 Å². The molecule has 0 atom stereocenters. The molecule has 0 aliphatic rings. The van der Waals surface area contributed by atoms with Crippen LogP contribution in [0, 0.1) is 6.92 Å². The predicted octanol–water partition coefficient (Wildman–Crippen LogP) is 1.45. The van der Waals surface area contributed by atoms with Crippen LogP contribution in [0.1, 0.15) is 12.0 Å². The van der Waals surface area contributed by atoms with Gasteiger partial charge in [-0.25, -0.2) is 8.42 Å². The van der Waals surface area contributed by atoms with Crippen LogP contribution in [0.2, 0.25) is 0 Å². The first kappa shape index (κ1) is 12.8. The second-order valence-electron chi connectivity index (χ2n) is 4.16. The summed E-state index contributed by atoms with van der Waals surface area (Å²) in [5.41, 5.74) is 0.951. The topological polar surface area (TPSA) is 64.8 Å². The van der Waals surface area contributed by atoms with Gasteiger partial charge in [-0.15, -0.1) is 5.10 Å². The maximum atomic E-state index is 12.1. The van der Waals surface area contributed by atoms with Crippen LogP contribution in [0.15, 0.2) is 41.6 Å². The van der Waals surface area contributed by atoms with Crippen molar-refractivity contribution in [1.29, 1.82) is 0 Å². The molecule has 0 aliphatic heterocycles. The molecule has 0 radical (unpaired) electrons. The standard InChI is InChI=1S/C12H15N3O2S/c1-11-4-2-5-12(10-11)18(16,17)9-3-7-15-8-6-13-14-15/h2,4-6,8,10H,3,7,9H2,1H3. The lowest BCUT2D eigenvalue weighted by Crippen LogP contribution is -2.10. The number of benzene rings is 1. The largest absolute Gasteiger partial charge is 0.253 e. The minimum atomic E-state index is -3.20. The molecule has 0 saturated carbocycles. The molecule has 0 N–H and O–H groups in total. The molecule has 1 heterocycles. The van der Waals surface area contributed by atoms with E-state index in [-0.39, 0.29) is 5.75 Å². The Hall–Kier alpha value is -1.69. The molecule has 0 saturated heterocycles. The monoisotopic (exact) mass is 265 g/mol. The minimum Gasteiger partial charge on any atom is -0.253 e. The Morgan fingerprint density at radius 2 is 2.17 bits per heavy atom. The van der Waals surface area contributed by atoms with Crippen LogP contribution in [0.5, 0.6) is 0 Å². The Morgan fingerprint density at radius 1 is 1.33 bits per heavy atom. The smallest absolute Gasteiger partial charge is 0.178 e. The highest BCUT2D eigenvalue weighted by atomic mass is 32.2. The molecule has 2 aromatic rings. The minimum absolute atomic E-state index is 0.121. The Bertz CT molecular complexity index is 606. The third-order valence-corrected chi connectivity index (χ3v) is 4.42. The second kappa shape index (κ2) is 5.30. The average Bonchev–Trinajstić information content (AvgIpc) is 2.82. The van der Waals surface area contributed by atoms with Crippen LogP contribution >= 0.6 is 0 Å². The van der Waals surface area contributed by atoms with E-state index in [9.17, 15) is 8.42 Å². The quantitative estimate of drug-likeness (QED) is 0.820. The van der Waals surface area contributed by atoms with E-state index < -0.39 is 9.84 Å². The zero-order chi connectivity index (χ0) is 13.0. The number of nitrogens with zero attached hydrogens (tertiary/aromatic N) is 3. The summed E-state index contributed by atoms with van der Waals surface area (Å²) in [7, 11) is -3.20. The van der Waals surface area contributed by atoms with Gasteiger partial charge in [0.05, 0.1) is 16.8 Å². The Labute approximate surface area is 106 Å². The lowest BCUT2D eigenvalue weighted by atomic mass is 10.2. The molecule has 0 fully saturated rings. The van der Waals surface area contributed by atoms with Gasteiger partial charge in [0.15, 0.2) is 9.84 Å². The van der Waals surface area contributed by atoms with Gasteiger partial charge in [-0.1, -0.05) is 17.3 Å². The zero-order valence-electron chi connectivity index (χ0n) is 10.2. The van der Waals surface area contributed by atoms with E-state index in [1.165, 1.54) is 0 Å². The highest BCUT2D eigenvalue weighted by molar-refractivity contribution is 7.91. The third-order valence-electron chi connectivity index (χ3n) is 2.62. The molecular formula is C12H15N3O2S. The van der Waals surface area contributed by atoms with Crippen molar-refractivity contribution < 1.29 is 8.42 Å². The fraction of sp³-hybridized carbons (Fsp3) is 0.333. The van der Waals surface area contributed by atoms with Crippen molar-refractivity contribution in [3.05, 3.63) is 42.2 Å². The zero-order valence-corrected chi connectivity index (χ0v) is 11.0. The molecular weight excluding hydrogens is 250 g/mol. The highest BCUT2D eigenvalue weighted by Gasteiger charge is 2.13. The first-order valence-electron chi connectivity index (χ1n) is 5.71. The van der Waals surface area contributed by atoms with E-state index in [0.717, 1.165) is 5.56 Å². The van der Waals surface area contributed by atoms with Gasteiger partial charge in [-0.05, 0) is 31.0 Å². The molecule has 96 valence electrons. The van der Waals surface area contributed by atoms with Crippen molar-refractivity contribution in [3.63, 3.8) is 0 Å². The Balaban J connectivity index is 1.99. The highest BCUT2D eigenvalue weighted by Crippen LogP contribution is 2.13. The summed E-state index contributed by atoms with van der Waals surface area (Å²) in [5, 5.41) is 7.47. The number of aryl methyl sites for hydroxylation is 2. The van der Waals surface area contributed by atoms with E-state index in [4.69, 9.17) is 0 Å². The molecule has 18 heavy (non-hydrogen) atoms. The SMILES string of the molecule is Cc1cccc(S(=O)(=O)CCCn2ccnn2)c1. The Kier molecular flexibility index (Phi) is 3.76. The van der Waals surface area contributed by atoms with Crippen molar-refractivity contribution in [1.82, 2.24) is 15.0 Å². The summed E-state index contributed by atoms with van der Waals surface area (Å²) in [6.45, 7) is 2.44. The molecule has 1 aromatic heterocycles. The lowest BCUT2D eigenvalue weighted by Gasteiger charge is -2.05. The van der Waals surface area contributed by atoms with Crippen molar-refractivity contribution >= 4 is 9.84 Å². The summed E-state index contributed by atoms with van der Waals surface area (Å²) < 4.78 is 25.8. The first-order valence-corrected chi connectivity index (χ1v) is 7.37. The van der Waals surface area contributed by atoms with Gasteiger partial charge in [0, 0.05) is 12.7 Å². The summed E-state index contributed by atoms with van der Waals surface area (Å²) in [4.78, 5) is 0.390. The van der Waals surface area contributed by atoms with Crippen LogP contribution < -0.4 is 0 Å². The van der Waals surface area contributed by atoms with Gasteiger partial charge in [0.2, 0.25) is 0 Å². The number of aromatic nitrogens is 3. The summed E-state index contributed by atoms with van der Waals surface area (Å²) in [6.07, 6.45) is 3.83. The molecule has 0 aliphatic carbocycles. The van der Waals surface area contributed by atoms with Gasteiger partial charge in [0.1, 0.15) is 0 Å². The fourth-order valence-corrected chi connectivity index (χ4v) is 3.09. The first-order chi connectivity index (χ1) is 8.58. The van der Waals surface area contributed by atoms with E-state index in [1.807, 2.05) is 13.0 Å². The summed E-state index contributed by atoms with van der Waals surface area (Å²) in [6, 6.07) is 6.98. The Morgan fingerprint density at radius 3 is 2.83 bits per heavy atom. The molecule has 0 bridgehead atoms. The van der Waals surface area contributed by atoms with E-state index >= 15 is 0 Å². The maximum Gasteiger partial charge on any atom is 0.178 e. The average molecular weight is 265 g/mol. The van der Waals surface area contributed by atoms with Crippen molar-refractivity contribution in [2.45, 2.75) is 24.8 Å². The van der Waals surface area contributed by atoms with Crippen LogP contribution in [0.25, 0.3) is 0 Å². The van der Waals surface area contributed by atoms with Crippen molar-refractivity contribution in [2.75, 3.05) is 5.75 Å². The molecule has 2 rings (SSSR count). The molecule has 5 nitrogen and oxygen atoms in total. The van der Waals surface area contributed by atoms with E-state index in [2.05, 4.69) is 10.3 Å². The van der Waals surface area contributed by atoms with Crippen molar-refractivity contribution in [3.8, 4) is 0 Å². The lowest BCUT2D eigenvalue weighted by molar-refractivity contribution is 0.561. The number of sulfone groups is 1. The van der Waals surface area contributed by atoms with E-state index in [0.29, 0.717) is 17.9 Å². The summed E-state index contributed by atoms with van der Waals surface area (Å²) >= 11 is 0. The number of rotatable bonds is 5. The molecule has 6 heteroatoms. The van der Waals surface area contributed by atoms with Gasteiger partial charge >= 0.3 is 0 Å². The second-order valence-corrected chi connectivity index (χ2v) is 6.26. The van der Waals surface area contributed by atoms with E-state index in [1.54, 1.807) is 35.3 Å². The number of hydrogen-bond acceptors (Lipinski definition) is 4. The molecule has 0 amide bonds. The third kappa shape index (κ3) is 3.16. The molecule has 0 spiro atoms. The normalized spacial score (nSPS) is 11.6. The van der Waals surface area contributed by atoms with Crippen LogP contribution in [0.3, 0.4) is 0 Å². The molecule has 0 unspecified atom stereocenters. The number of hydrogen-bond donors (Lipinski definition) is 0.